The molecule has 0 unspecified atom stereocenters. The van der Waals surface area contributed by atoms with Crippen molar-refractivity contribution in [2.24, 2.45) is 0 Å². The topological polar surface area (TPSA) is 51.6 Å². The largest absolute Gasteiger partial charge is 0.265 e. The van der Waals surface area contributed by atoms with Gasteiger partial charge in [-0.05, 0) is 70.8 Å². The maximum absolute atomic E-state index is 3.96. The highest BCUT2D eigenvalue weighted by atomic mass is 14.6. The van der Waals surface area contributed by atoms with E-state index in [1.807, 2.05) is 48.5 Å². The van der Waals surface area contributed by atoms with Crippen molar-refractivity contribution in [3.05, 3.63) is 98.1 Å². The van der Waals surface area contributed by atoms with Gasteiger partial charge in [0.25, 0.3) is 0 Å². The molecule has 4 rings (SSSR count). The third-order valence-corrected chi connectivity index (χ3v) is 3.39. The molecule has 0 saturated heterocycles. The zero-order valence-corrected chi connectivity index (χ0v) is 13.0. The van der Waals surface area contributed by atoms with Gasteiger partial charge in [-0.3, -0.25) is 19.9 Å². The summed E-state index contributed by atoms with van der Waals surface area (Å²) in [5, 5.41) is 0. The predicted molar refractivity (Wildman–Crippen MR) is 94.9 cm³/mol. The highest BCUT2D eigenvalue weighted by molar-refractivity contribution is 5.62. The van der Waals surface area contributed by atoms with E-state index < -0.39 is 0 Å². The van der Waals surface area contributed by atoms with E-state index in [9.17, 15) is 0 Å². The Morgan fingerprint density at radius 3 is 0.625 bits per heavy atom. The van der Waals surface area contributed by atoms with Crippen molar-refractivity contribution >= 4 is 0 Å². The van der Waals surface area contributed by atoms with Crippen LogP contribution in [0.5, 0.6) is 0 Å². The zero-order valence-electron chi connectivity index (χ0n) is 13.0. The highest BCUT2D eigenvalue weighted by Crippen LogP contribution is 2.16. The van der Waals surface area contributed by atoms with Gasteiger partial charge in [-0.2, -0.15) is 0 Å². The minimum Gasteiger partial charge on any atom is -0.265 e. The molecule has 4 aromatic rings. The van der Waals surface area contributed by atoms with Gasteiger partial charge in [0.05, 0.1) is 0 Å². The van der Waals surface area contributed by atoms with Gasteiger partial charge in [0.15, 0.2) is 0 Å². The normalized spacial score (nSPS) is 9.67. The molecule has 116 valence electrons. The van der Waals surface area contributed by atoms with Crippen LogP contribution in [0.15, 0.2) is 98.1 Å². The van der Waals surface area contributed by atoms with Gasteiger partial charge >= 0.3 is 0 Å². The first-order valence-corrected chi connectivity index (χ1v) is 7.54. The zero-order chi connectivity index (χ0) is 16.5. The lowest BCUT2D eigenvalue weighted by atomic mass is 10.1. The lowest BCUT2D eigenvalue weighted by Crippen LogP contribution is -1.77. The van der Waals surface area contributed by atoms with E-state index in [1.165, 1.54) is 22.3 Å². The lowest BCUT2D eigenvalue weighted by Gasteiger charge is -1.97. The fourth-order valence-corrected chi connectivity index (χ4v) is 2.18. The summed E-state index contributed by atoms with van der Waals surface area (Å²) in [6.07, 6.45) is 14.3. The minimum absolute atomic E-state index is 1.17. The van der Waals surface area contributed by atoms with E-state index >= 15 is 0 Å². The Labute approximate surface area is 140 Å². The van der Waals surface area contributed by atoms with Crippen LogP contribution in [0.25, 0.3) is 22.3 Å². The van der Waals surface area contributed by atoms with E-state index in [1.54, 1.807) is 49.6 Å². The van der Waals surface area contributed by atoms with Gasteiger partial charge in [-0.15, -0.1) is 0 Å². The number of hydrogen-bond acceptors (Lipinski definition) is 4. The molecule has 0 N–H and O–H groups in total. The molecule has 0 atom stereocenters. The quantitative estimate of drug-likeness (QED) is 0.554. The summed E-state index contributed by atoms with van der Waals surface area (Å²) in [4.78, 5) is 15.8. The summed E-state index contributed by atoms with van der Waals surface area (Å²) in [5.41, 5.74) is 4.69. The molecule has 0 aliphatic heterocycles. The first kappa shape index (κ1) is 15.5. The molecule has 0 aliphatic rings. The SMILES string of the molecule is c1cc(-c2ccncc2)ccn1.c1cc(-c2ccncc2)ccn1. The fourth-order valence-electron chi connectivity index (χ4n) is 2.18. The first-order chi connectivity index (χ1) is 11.9. The van der Waals surface area contributed by atoms with Crippen molar-refractivity contribution < 1.29 is 0 Å². The van der Waals surface area contributed by atoms with E-state index in [2.05, 4.69) is 19.9 Å². The van der Waals surface area contributed by atoms with Gasteiger partial charge in [-0.1, -0.05) is 0 Å². The van der Waals surface area contributed by atoms with Crippen molar-refractivity contribution in [1.29, 1.82) is 0 Å². The standard InChI is InChI=1S/2C10H8N2/c2*1-5-11-6-2-9(1)10-3-7-12-8-4-10/h2*1-8H. The second-order valence-electron chi connectivity index (χ2n) is 4.94. The van der Waals surface area contributed by atoms with Gasteiger partial charge in [0.2, 0.25) is 0 Å². The summed E-state index contributed by atoms with van der Waals surface area (Å²) in [6.45, 7) is 0. The van der Waals surface area contributed by atoms with Crippen LogP contribution < -0.4 is 0 Å². The predicted octanol–water partition coefficient (Wildman–Crippen LogP) is 4.29. The Kier molecular flexibility index (Phi) is 5.35. The van der Waals surface area contributed by atoms with E-state index in [4.69, 9.17) is 0 Å². The molecule has 0 saturated carbocycles. The molecule has 4 aromatic heterocycles. The number of hydrogen-bond donors (Lipinski definition) is 0. The number of rotatable bonds is 2. The van der Waals surface area contributed by atoms with E-state index in [0.717, 1.165) is 0 Å². The van der Waals surface area contributed by atoms with Gasteiger partial charge < -0.3 is 0 Å². The Balaban J connectivity index is 0.000000141. The molecule has 0 aliphatic carbocycles. The average molecular weight is 312 g/mol. The van der Waals surface area contributed by atoms with Crippen LogP contribution in [0.1, 0.15) is 0 Å². The summed E-state index contributed by atoms with van der Waals surface area (Å²) in [6, 6.07) is 15.9. The van der Waals surface area contributed by atoms with Crippen LogP contribution in [0.4, 0.5) is 0 Å². The number of nitrogens with zero attached hydrogens (tertiary/aromatic N) is 4. The molecule has 4 heterocycles. The molecule has 4 heteroatoms. The molecule has 0 spiro atoms. The summed E-state index contributed by atoms with van der Waals surface area (Å²) >= 11 is 0. The molecule has 0 fully saturated rings. The summed E-state index contributed by atoms with van der Waals surface area (Å²) in [5.74, 6) is 0. The van der Waals surface area contributed by atoms with Crippen LogP contribution in [-0.2, 0) is 0 Å². The Morgan fingerprint density at radius 2 is 0.458 bits per heavy atom. The van der Waals surface area contributed by atoms with Gasteiger partial charge in [-0.25, -0.2) is 0 Å². The van der Waals surface area contributed by atoms with Crippen LogP contribution in [-0.4, -0.2) is 19.9 Å². The van der Waals surface area contributed by atoms with Crippen LogP contribution in [0, 0.1) is 0 Å². The maximum Gasteiger partial charge on any atom is 0.0273 e. The lowest BCUT2D eigenvalue weighted by molar-refractivity contribution is 1.31. The first-order valence-electron chi connectivity index (χ1n) is 7.54. The van der Waals surface area contributed by atoms with E-state index in [-0.39, 0.29) is 0 Å². The molecular weight excluding hydrogens is 296 g/mol. The molecule has 4 nitrogen and oxygen atoms in total. The third kappa shape index (κ3) is 4.30. The summed E-state index contributed by atoms with van der Waals surface area (Å²) < 4.78 is 0. The van der Waals surface area contributed by atoms with E-state index in [0.29, 0.717) is 0 Å². The minimum atomic E-state index is 1.17. The fraction of sp³-hybridized carbons (Fsp3) is 0. The Hall–Kier alpha value is -3.40. The van der Waals surface area contributed by atoms with Crippen molar-refractivity contribution in [3.63, 3.8) is 0 Å². The second-order valence-corrected chi connectivity index (χ2v) is 4.94. The van der Waals surface area contributed by atoms with Gasteiger partial charge in [0.1, 0.15) is 0 Å². The number of pyridine rings is 4. The van der Waals surface area contributed by atoms with Crippen LogP contribution in [0.2, 0.25) is 0 Å². The van der Waals surface area contributed by atoms with Crippen molar-refractivity contribution in [2.45, 2.75) is 0 Å². The molecular formula is C20H16N4. The van der Waals surface area contributed by atoms with Crippen molar-refractivity contribution in [3.8, 4) is 22.3 Å². The maximum atomic E-state index is 3.96. The monoisotopic (exact) mass is 312 g/mol. The average Bonchev–Trinajstić information content (AvgIpc) is 2.71. The second kappa shape index (κ2) is 8.29. The third-order valence-electron chi connectivity index (χ3n) is 3.39. The van der Waals surface area contributed by atoms with Gasteiger partial charge in [0, 0.05) is 49.6 Å². The molecule has 0 aromatic carbocycles. The van der Waals surface area contributed by atoms with Crippen molar-refractivity contribution in [2.75, 3.05) is 0 Å². The smallest absolute Gasteiger partial charge is 0.0273 e. The summed E-state index contributed by atoms with van der Waals surface area (Å²) in [7, 11) is 0. The molecule has 0 bridgehead atoms. The Bertz CT molecular complexity index is 685. The Morgan fingerprint density at radius 1 is 0.292 bits per heavy atom. The molecule has 0 amide bonds. The van der Waals surface area contributed by atoms with Crippen LogP contribution in [0.3, 0.4) is 0 Å². The number of aromatic nitrogens is 4. The highest BCUT2D eigenvalue weighted by Gasteiger charge is 1.93. The molecule has 24 heavy (non-hydrogen) atoms. The van der Waals surface area contributed by atoms with Crippen molar-refractivity contribution in [1.82, 2.24) is 19.9 Å². The van der Waals surface area contributed by atoms with Crippen LogP contribution >= 0.6 is 0 Å². The molecule has 0 radical (unpaired) electrons.